The standard InChI is InChI=1S/C15H19NO2.C9H9NO/c1-18-13-7-5-12(6-8-13)14(11-16)15(17)9-3-2-4-10-15;1-11-9-4-2-8(3-5-9)6-7-10/h5-8,14,17H,2-4,9-10H2,1H3;2-5H,6H2,1H3/i2*1D3. The van der Waals surface area contributed by atoms with E-state index in [1.54, 1.807) is 36.4 Å². The summed E-state index contributed by atoms with van der Waals surface area (Å²) in [6, 6.07) is 17.0. The number of methoxy groups -OCH3 is 2. The molecule has 0 spiro atoms. The summed E-state index contributed by atoms with van der Waals surface area (Å²) in [5, 5.41) is 28.5. The van der Waals surface area contributed by atoms with Crippen molar-refractivity contribution in [2.45, 2.75) is 50.0 Å². The van der Waals surface area contributed by atoms with Crippen LogP contribution in [0.1, 0.15) is 57.4 Å². The minimum atomic E-state index is -2.49. The Labute approximate surface area is 181 Å². The molecule has 0 amide bonds. The lowest BCUT2D eigenvalue weighted by Crippen LogP contribution is -2.37. The quantitative estimate of drug-likeness (QED) is 0.785. The maximum absolute atomic E-state index is 10.7. The van der Waals surface area contributed by atoms with Gasteiger partial charge in [0.25, 0.3) is 0 Å². The van der Waals surface area contributed by atoms with E-state index < -0.39 is 25.6 Å². The Balaban J connectivity index is 0.000000269. The molecule has 5 nitrogen and oxygen atoms in total. The van der Waals surface area contributed by atoms with Crippen molar-refractivity contribution in [3.63, 3.8) is 0 Å². The number of rotatable bonds is 5. The van der Waals surface area contributed by atoms with Gasteiger partial charge in [0.05, 0.1) is 52.4 Å². The molecule has 2 aromatic rings. The average molecular weight is 399 g/mol. The zero-order valence-corrected chi connectivity index (χ0v) is 16.1. The van der Waals surface area contributed by atoms with Crippen LogP contribution in [0.15, 0.2) is 48.5 Å². The highest BCUT2D eigenvalue weighted by molar-refractivity contribution is 5.34. The third kappa shape index (κ3) is 6.24. The lowest BCUT2D eigenvalue weighted by atomic mass is 9.73. The second-order valence-corrected chi connectivity index (χ2v) is 6.98. The van der Waals surface area contributed by atoms with Crippen LogP contribution >= 0.6 is 0 Å². The van der Waals surface area contributed by atoms with E-state index in [1.807, 2.05) is 6.07 Å². The van der Waals surface area contributed by atoms with Gasteiger partial charge in [0.15, 0.2) is 0 Å². The predicted molar refractivity (Wildman–Crippen MR) is 112 cm³/mol. The van der Waals surface area contributed by atoms with Gasteiger partial charge in [-0.15, -0.1) is 0 Å². The Morgan fingerprint density at radius 2 is 1.52 bits per heavy atom. The first kappa shape index (κ1) is 14.9. The fraction of sp³-hybridized carbons (Fsp3) is 0.417. The molecule has 1 aliphatic carbocycles. The molecule has 3 rings (SSSR count). The molecular formula is C24H28N2O3. The van der Waals surface area contributed by atoms with E-state index >= 15 is 0 Å². The van der Waals surface area contributed by atoms with Crippen molar-refractivity contribution >= 4 is 0 Å². The summed E-state index contributed by atoms with van der Waals surface area (Å²) in [6.45, 7) is 0. The molecule has 2 aromatic carbocycles. The maximum atomic E-state index is 10.7. The summed E-state index contributed by atoms with van der Waals surface area (Å²) in [5.41, 5.74) is 0.546. The summed E-state index contributed by atoms with van der Waals surface area (Å²) in [4.78, 5) is 0. The van der Waals surface area contributed by atoms with E-state index in [4.69, 9.17) is 18.2 Å². The molecule has 1 atom stereocenters. The molecule has 0 aliphatic heterocycles. The molecule has 152 valence electrons. The van der Waals surface area contributed by atoms with Crippen LogP contribution < -0.4 is 9.47 Å². The van der Waals surface area contributed by atoms with Gasteiger partial charge in [-0.25, -0.2) is 0 Å². The topological polar surface area (TPSA) is 86.3 Å². The van der Waals surface area contributed by atoms with Gasteiger partial charge in [0.2, 0.25) is 0 Å². The second-order valence-electron chi connectivity index (χ2n) is 6.98. The molecule has 0 heterocycles. The summed E-state index contributed by atoms with van der Waals surface area (Å²) in [7, 11) is -4.91. The van der Waals surface area contributed by atoms with Crippen LogP contribution in [0.25, 0.3) is 0 Å². The van der Waals surface area contributed by atoms with Crippen molar-refractivity contribution in [1.29, 1.82) is 10.5 Å². The molecule has 1 unspecified atom stereocenters. The highest BCUT2D eigenvalue weighted by Gasteiger charge is 2.38. The highest BCUT2D eigenvalue weighted by Crippen LogP contribution is 2.39. The van der Waals surface area contributed by atoms with Crippen LogP contribution in [0.3, 0.4) is 0 Å². The minimum absolute atomic E-state index is 0.228. The molecule has 0 radical (unpaired) electrons. The SMILES string of the molecule is [2H]C([2H])([2H])Oc1ccc(C(C#N)C2(O)CCCCC2)cc1.[2H]C([2H])([2H])Oc1ccc(CC#N)cc1. The minimum Gasteiger partial charge on any atom is -0.497 e. The first-order valence-corrected chi connectivity index (χ1v) is 9.41. The van der Waals surface area contributed by atoms with Crippen LogP contribution in [0.4, 0.5) is 0 Å². The molecule has 0 saturated heterocycles. The van der Waals surface area contributed by atoms with Crippen LogP contribution in [0.2, 0.25) is 0 Å². The van der Waals surface area contributed by atoms with Crippen molar-refractivity contribution in [2.24, 2.45) is 0 Å². The number of aliphatic hydroxyl groups is 1. The van der Waals surface area contributed by atoms with Gasteiger partial charge in [0, 0.05) is 0 Å². The molecule has 0 aromatic heterocycles. The summed E-state index contributed by atoms with van der Waals surface area (Å²) >= 11 is 0. The molecule has 0 bridgehead atoms. The van der Waals surface area contributed by atoms with Gasteiger partial charge in [0.1, 0.15) is 11.5 Å². The number of benzene rings is 2. The van der Waals surface area contributed by atoms with E-state index in [-0.39, 0.29) is 11.5 Å². The Bertz CT molecular complexity index is 1020. The van der Waals surface area contributed by atoms with E-state index in [0.29, 0.717) is 24.8 Å². The third-order valence-corrected chi connectivity index (χ3v) is 5.04. The van der Waals surface area contributed by atoms with Crippen LogP contribution in [0, 0.1) is 22.7 Å². The first-order chi connectivity index (χ1) is 16.3. The largest absolute Gasteiger partial charge is 0.497 e. The van der Waals surface area contributed by atoms with Crippen molar-refractivity contribution in [3.8, 4) is 23.6 Å². The van der Waals surface area contributed by atoms with Crippen molar-refractivity contribution in [2.75, 3.05) is 14.1 Å². The smallest absolute Gasteiger partial charge is 0.118 e. The molecular weight excluding hydrogens is 364 g/mol. The van der Waals surface area contributed by atoms with Crippen molar-refractivity contribution < 1.29 is 22.8 Å². The van der Waals surface area contributed by atoms with Crippen molar-refractivity contribution in [1.82, 2.24) is 0 Å². The summed E-state index contributed by atoms with van der Waals surface area (Å²) in [6.07, 6.45) is 4.50. The van der Waals surface area contributed by atoms with Gasteiger partial charge < -0.3 is 14.6 Å². The molecule has 5 heteroatoms. The monoisotopic (exact) mass is 398 g/mol. The lowest BCUT2D eigenvalue weighted by molar-refractivity contribution is -0.00715. The highest BCUT2D eigenvalue weighted by atomic mass is 16.5. The molecule has 1 fully saturated rings. The van der Waals surface area contributed by atoms with Crippen molar-refractivity contribution in [3.05, 3.63) is 59.7 Å². The average Bonchev–Trinajstić information content (AvgIpc) is 2.76. The molecule has 1 aliphatic rings. The van der Waals surface area contributed by atoms with Gasteiger partial charge in [-0.3, -0.25) is 0 Å². The number of hydrogen-bond acceptors (Lipinski definition) is 5. The zero-order chi connectivity index (χ0) is 26.1. The van der Waals surface area contributed by atoms with E-state index in [2.05, 4.69) is 10.8 Å². The zero-order valence-electron chi connectivity index (χ0n) is 22.1. The van der Waals surface area contributed by atoms with E-state index in [1.165, 1.54) is 12.1 Å². The van der Waals surface area contributed by atoms with E-state index in [0.717, 1.165) is 24.8 Å². The fourth-order valence-electron chi connectivity index (χ4n) is 3.45. The van der Waals surface area contributed by atoms with Gasteiger partial charge in [-0.1, -0.05) is 43.5 Å². The number of nitrogens with zero attached hydrogens (tertiary/aromatic N) is 2. The van der Waals surface area contributed by atoms with Crippen LogP contribution in [-0.2, 0) is 6.42 Å². The Morgan fingerprint density at radius 1 is 0.966 bits per heavy atom. The fourth-order valence-corrected chi connectivity index (χ4v) is 3.45. The number of hydrogen-bond donors (Lipinski definition) is 1. The first-order valence-electron chi connectivity index (χ1n) is 12.4. The maximum Gasteiger partial charge on any atom is 0.118 e. The van der Waals surface area contributed by atoms with Crippen LogP contribution in [0.5, 0.6) is 11.5 Å². The van der Waals surface area contributed by atoms with Crippen LogP contribution in [-0.4, -0.2) is 24.8 Å². The number of nitriles is 2. The summed E-state index contributed by atoms with van der Waals surface area (Å²) in [5.74, 6) is -0.0858. The Hall–Kier alpha value is -3.02. The summed E-state index contributed by atoms with van der Waals surface area (Å²) < 4.78 is 51.2. The van der Waals surface area contributed by atoms with Gasteiger partial charge >= 0.3 is 0 Å². The van der Waals surface area contributed by atoms with E-state index in [9.17, 15) is 10.4 Å². The normalized spacial score (nSPS) is 19.6. The Morgan fingerprint density at radius 3 is 2.00 bits per heavy atom. The predicted octanol–water partition coefficient (Wildman–Crippen LogP) is 4.76. The lowest BCUT2D eigenvalue weighted by Gasteiger charge is -2.36. The molecule has 1 N–H and O–H groups in total. The molecule has 29 heavy (non-hydrogen) atoms. The second kappa shape index (κ2) is 11.1. The third-order valence-electron chi connectivity index (χ3n) is 5.04. The Kier molecular flexibility index (Phi) is 5.70. The molecule has 1 saturated carbocycles. The van der Waals surface area contributed by atoms with Gasteiger partial charge in [-0.05, 0) is 48.2 Å². The van der Waals surface area contributed by atoms with Gasteiger partial charge in [-0.2, -0.15) is 10.5 Å². The number of ether oxygens (including phenoxy) is 2.